The van der Waals surface area contributed by atoms with Gasteiger partial charge in [-0.2, -0.15) is 0 Å². The van der Waals surface area contributed by atoms with Gasteiger partial charge in [-0.3, -0.25) is 0 Å². The van der Waals surface area contributed by atoms with Crippen LogP contribution in [0.25, 0.3) is 115 Å². The number of benzene rings is 8. The Morgan fingerprint density at radius 2 is 1.00 bits per heavy atom. The van der Waals surface area contributed by atoms with E-state index in [9.17, 15) is 0 Å². The first-order chi connectivity index (χ1) is 28.8. The summed E-state index contributed by atoms with van der Waals surface area (Å²) in [5.41, 5.74) is 8.94. The Morgan fingerprint density at radius 1 is 0.362 bits per heavy atom. The van der Waals surface area contributed by atoms with Crippen LogP contribution in [-0.2, 0) is 0 Å². The van der Waals surface area contributed by atoms with Crippen LogP contribution in [0.5, 0.6) is 0 Å². The Kier molecular flexibility index (Phi) is 7.33. The molecule has 5 nitrogen and oxygen atoms in total. The first-order valence-electron chi connectivity index (χ1n) is 19.4. The fraction of sp³-hybridized carbons (Fsp3) is 0. The summed E-state index contributed by atoms with van der Waals surface area (Å²) in [4.78, 5) is 21.2. The van der Waals surface area contributed by atoms with Gasteiger partial charge in [0.05, 0.1) is 22.2 Å². The Balaban J connectivity index is 1.14. The largest absolute Gasteiger partial charge is 0.309 e. The third-order valence-electron chi connectivity index (χ3n) is 11.2. The minimum atomic E-state index is 0.578. The zero-order valence-electron chi connectivity index (χ0n) is 31.0. The molecule has 12 rings (SSSR count). The van der Waals surface area contributed by atoms with Crippen molar-refractivity contribution in [1.29, 1.82) is 0 Å². The first kappa shape index (κ1) is 32.7. The van der Waals surface area contributed by atoms with E-state index in [2.05, 4.69) is 174 Å². The van der Waals surface area contributed by atoms with E-state index in [1.165, 1.54) is 30.9 Å². The van der Waals surface area contributed by atoms with Gasteiger partial charge in [0.1, 0.15) is 0 Å². The molecular weight excluding hydrogens is 727 g/mol. The number of thiophene rings is 1. The lowest BCUT2D eigenvalue weighted by atomic mass is 9.95. The van der Waals surface area contributed by atoms with Gasteiger partial charge in [-0.15, -0.1) is 11.3 Å². The highest BCUT2D eigenvalue weighted by Gasteiger charge is 2.21. The molecule has 58 heavy (non-hydrogen) atoms. The SMILES string of the molecule is c1ccc(-c2nc(-c3ccc4c(c3)c3ccccc3n4-c3ccccc3)nc(-c3cccc4c3nc(-c3ccccc3)c3ccc5sc6ccccc6c5c34)n2)cc1. The summed E-state index contributed by atoms with van der Waals surface area (Å²) in [6.07, 6.45) is 0. The molecule has 0 bridgehead atoms. The highest BCUT2D eigenvalue weighted by Crippen LogP contribution is 2.45. The summed E-state index contributed by atoms with van der Waals surface area (Å²) >= 11 is 1.83. The summed E-state index contributed by atoms with van der Waals surface area (Å²) < 4.78 is 4.85. The van der Waals surface area contributed by atoms with E-state index in [4.69, 9.17) is 19.9 Å². The number of fused-ring (bicyclic) bond motifs is 10. The normalized spacial score (nSPS) is 11.8. The molecule has 0 atom stereocenters. The standard InChI is InChI=1S/C52H31N5S/c1-4-15-32(16-5-1)48-39-28-30-45-47(37-22-11-13-26-44(37)58-45)46(39)38-23-14-24-40(49(38)53-48)52-55-50(33-17-6-2-7-18-33)54-51(56-52)34-27-29-43-41(31-34)36-21-10-12-25-42(36)57(43)35-19-8-3-9-20-35/h1-31H. The molecule has 0 aliphatic rings. The van der Waals surface area contributed by atoms with Gasteiger partial charge in [0.15, 0.2) is 17.5 Å². The highest BCUT2D eigenvalue weighted by atomic mass is 32.1. The van der Waals surface area contributed by atoms with Crippen LogP contribution in [0.2, 0.25) is 0 Å². The van der Waals surface area contributed by atoms with Crippen molar-refractivity contribution in [2.24, 2.45) is 0 Å². The number of para-hydroxylation sites is 3. The lowest BCUT2D eigenvalue weighted by molar-refractivity contribution is 1.08. The van der Waals surface area contributed by atoms with Crippen molar-refractivity contribution in [2.75, 3.05) is 0 Å². The number of rotatable bonds is 5. The molecule has 270 valence electrons. The maximum absolute atomic E-state index is 5.53. The van der Waals surface area contributed by atoms with E-state index in [1.54, 1.807) is 0 Å². The second kappa shape index (κ2) is 13.0. The molecule has 12 aromatic rings. The van der Waals surface area contributed by atoms with E-state index in [0.29, 0.717) is 17.5 Å². The molecule has 0 fully saturated rings. The quantitative estimate of drug-likeness (QED) is 0.164. The molecule has 4 aromatic heterocycles. The first-order valence-corrected chi connectivity index (χ1v) is 20.2. The number of nitrogens with zero attached hydrogens (tertiary/aromatic N) is 5. The Labute approximate surface area is 337 Å². The molecule has 0 saturated carbocycles. The summed E-state index contributed by atoms with van der Waals surface area (Å²) in [7, 11) is 0. The van der Waals surface area contributed by atoms with Crippen molar-refractivity contribution in [2.45, 2.75) is 0 Å². The van der Waals surface area contributed by atoms with Crippen LogP contribution in [0, 0.1) is 0 Å². The number of pyridine rings is 1. The van der Waals surface area contributed by atoms with Gasteiger partial charge in [0.2, 0.25) is 0 Å². The van der Waals surface area contributed by atoms with Gasteiger partial charge >= 0.3 is 0 Å². The average molecular weight is 758 g/mol. The van der Waals surface area contributed by atoms with Gasteiger partial charge < -0.3 is 4.57 Å². The van der Waals surface area contributed by atoms with Gasteiger partial charge in [0.25, 0.3) is 0 Å². The molecule has 0 unspecified atom stereocenters. The molecule has 0 aliphatic carbocycles. The van der Waals surface area contributed by atoms with Crippen LogP contribution in [0.15, 0.2) is 188 Å². The molecule has 8 aromatic carbocycles. The number of hydrogen-bond donors (Lipinski definition) is 0. The van der Waals surface area contributed by atoms with Gasteiger partial charge in [0, 0.05) is 75.0 Å². The fourth-order valence-electron chi connectivity index (χ4n) is 8.64. The summed E-state index contributed by atoms with van der Waals surface area (Å²) in [5, 5.41) is 8.20. The third kappa shape index (κ3) is 5.09. The van der Waals surface area contributed by atoms with Crippen molar-refractivity contribution in [3.05, 3.63) is 188 Å². The second-order valence-corrected chi connectivity index (χ2v) is 15.7. The van der Waals surface area contributed by atoms with Crippen LogP contribution >= 0.6 is 11.3 Å². The molecular formula is C52H31N5S. The van der Waals surface area contributed by atoms with Crippen LogP contribution in [0.4, 0.5) is 0 Å². The molecule has 0 saturated heterocycles. The molecule has 0 radical (unpaired) electrons. The van der Waals surface area contributed by atoms with Crippen LogP contribution in [0.3, 0.4) is 0 Å². The summed E-state index contributed by atoms with van der Waals surface area (Å²) in [6.45, 7) is 0. The maximum atomic E-state index is 5.53. The molecule has 0 aliphatic heterocycles. The fourth-order valence-corrected chi connectivity index (χ4v) is 9.75. The van der Waals surface area contributed by atoms with Crippen molar-refractivity contribution in [3.8, 4) is 51.1 Å². The second-order valence-electron chi connectivity index (χ2n) is 14.6. The van der Waals surface area contributed by atoms with Gasteiger partial charge in [-0.05, 0) is 54.6 Å². The highest BCUT2D eigenvalue weighted by molar-refractivity contribution is 7.26. The van der Waals surface area contributed by atoms with E-state index in [0.717, 1.165) is 66.3 Å². The monoisotopic (exact) mass is 757 g/mol. The van der Waals surface area contributed by atoms with Gasteiger partial charge in [-0.1, -0.05) is 133 Å². The van der Waals surface area contributed by atoms with E-state index < -0.39 is 0 Å². The topological polar surface area (TPSA) is 56.5 Å². The predicted molar refractivity (Wildman–Crippen MR) is 242 cm³/mol. The smallest absolute Gasteiger partial charge is 0.166 e. The lowest BCUT2D eigenvalue weighted by Gasteiger charge is -2.15. The van der Waals surface area contributed by atoms with E-state index in [1.807, 2.05) is 29.5 Å². The average Bonchev–Trinajstić information content (AvgIpc) is 3.85. The Bertz CT molecular complexity index is 3560. The zero-order chi connectivity index (χ0) is 38.2. The Morgan fingerprint density at radius 3 is 1.81 bits per heavy atom. The molecule has 0 spiro atoms. The predicted octanol–water partition coefficient (Wildman–Crippen LogP) is 13.7. The molecule has 6 heteroatoms. The lowest BCUT2D eigenvalue weighted by Crippen LogP contribution is -2.01. The van der Waals surface area contributed by atoms with Crippen molar-refractivity contribution < 1.29 is 0 Å². The van der Waals surface area contributed by atoms with Crippen LogP contribution in [0.1, 0.15) is 0 Å². The van der Waals surface area contributed by atoms with Crippen LogP contribution < -0.4 is 0 Å². The van der Waals surface area contributed by atoms with Crippen molar-refractivity contribution in [3.63, 3.8) is 0 Å². The van der Waals surface area contributed by atoms with E-state index in [-0.39, 0.29) is 0 Å². The summed E-state index contributed by atoms with van der Waals surface area (Å²) in [6, 6.07) is 66.0. The summed E-state index contributed by atoms with van der Waals surface area (Å²) in [5.74, 6) is 1.80. The molecule has 0 amide bonds. The number of aromatic nitrogens is 5. The third-order valence-corrected chi connectivity index (χ3v) is 12.4. The minimum absolute atomic E-state index is 0.578. The minimum Gasteiger partial charge on any atom is -0.309 e. The van der Waals surface area contributed by atoms with Gasteiger partial charge in [-0.25, -0.2) is 19.9 Å². The number of hydrogen-bond acceptors (Lipinski definition) is 5. The van der Waals surface area contributed by atoms with E-state index >= 15 is 0 Å². The maximum Gasteiger partial charge on any atom is 0.166 e. The van der Waals surface area contributed by atoms with Crippen molar-refractivity contribution >= 4 is 75.0 Å². The molecule has 4 heterocycles. The molecule has 0 N–H and O–H groups in total. The Hall–Kier alpha value is -7.54. The van der Waals surface area contributed by atoms with Crippen molar-refractivity contribution in [1.82, 2.24) is 24.5 Å². The zero-order valence-corrected chi connectivity index (χ0v) is 31.9. The van der Waals surface area contributed by atoms with Crippen LogP contribution in [-0.4, -0.2) is 24.5 Å².